The number of halogens is 3. The van der Waals surface area contributed by atoms with Gasteiger partial charge in [-0.05, 0) is 23.8 Å². The van der Waals surface area contributed by atoms with Crippen LogP contribution in [0.2, 0.25) is 0 Å². The lowest BCUT2D eigenvalue weighted by molar-refractivity contribution is -0.137. The molecule has 0 unspecified atom stereocenters. The number of nitrogens with zero attached hydrogens (tertiary/aromatic N) is 3. The highest BCUT2D eigenvalue weighted by Gasteiger charge is 2.31. The molecule has 0 aliphatic carbocycles. The topological polar surface area (TPSA) is 93.0 Å². The second kappa shape index (κ2) is 7.48. The normalized spacial score (nSPS) is 11.9. The predicted molar refractivity (Wildman–Crippen MR) is 104 cm³/mol. The van der Waals surface area contributed by atoms with Crippen molar-refractivity contribution < 1.29 is 23.0 Å². The summed E-state index contributed by atoms with van der Waals surface area (Å²) in [6.07, 6.45) is -3.30. The zero-order valence-corrected chi connectivity index (χ0v) is 16.3. The van der Waals surface area contributed by atoms with Crippen molar-refractivity contribution in [3.8, 4) is 11.6 Å². The lowest BCUT2D eigenvalue weighted by Gasteiger charge is -2.07. The quantitative estimate of drug-likeness (QED) is 0.499. The molecule has 156 valence electrons. The van der Waals surface area contributed by atoms with Gasteiger partial charge >= 0.3 is 11.0 Å². The van der Waals surface area contributed by atoms with Crippen molar-refractivity contribution in [2.75, 3.05) is 0 Å². The number of fused-ring (bicyclic) bond motifs is 1. The van der Waals surface area contributed by atoms with Gasteiger partial charge in [0.15, 0.2) is 5.65 Å². The summed E-state index contributed by atoms with van der Waals surface area (Å²) >= 11 is 0.947. The standard InChI is InChI=1S/C19H15F3N4O3S/c1-26-15(24-13-7-11(19(20,21)22)8-23-16(13)26)9-29-12-4-2-10(3-5-12)6-14-17(27)25-18(28)30-14/h2-5,7-8,27H,6,9H2,1H3,(H,25,28). The van der Waals surface area contributed by atoms with E-state index in [1.165, 1.54) is 0 Å². The number of rotatable bonds is 5. The molecule has 0 bridgehead atoms. The summed E-state index contributed by atoms with van der Waals surface area (Å²) in [4.78, 5) is 21.9. The molecule has 0 aliphatic heterocycles. The van der Waals surface area contributed by atoms with E-state index in [1.54, 1.807) is 35.9 Å². The molecule has 0 radical (unpaired) electrons. The lowest BCUT2D eigenvalue weighted by atomic mass is 10.1. The van der Waals surface area contributed by atoms with Crippen molar-refractivity contribution in [2.45, 2.75) is 19.2 Å². The van der Waals surface area contributed by atoms with Gasteiger partial charge in [0.1, 0.15) is 23.7 Å². The maximum Gasteiger partial charge on any atom is 0.417 e. The van der Waals surface area contributed by atoms with Crippen LogP contribution in [0.1, 0.15) is 21.8 Å². The number of ether oxygens (including phenoxy) is 1. The predicted octanol–water partition coefficient (Wildman–Crippen LogP) is 3.61. The van der Waals surface area contributed by atoms with Gasteiger partial charge in [-0.25, -0.2) is 9.97 Å². The molecular formula is C19H15F3N4O3S. The molecular weight excluding hydrogens is 421 g/mol. The molecule has 0 aliphatic rings. The molecule has 0 saturated carbocycles. The minimum absolute atomic E-state index is 0.0494. The molecule has 0 amide bonds. The smallest absolute Gasteiger partial charge is 0.417 e. The maximum absolute atomic E-state index is 12.9. The summed E-state index contributed by atoms with van der Waals surface area (Å²) < 4.78 is 45.8. The van der Waals surface area contributed by atoms with E-state index in [-0.39, 0.29) is 22.9 Å². The molecule has 4 rings (SSSR count). The van der Waals surface area contributed by atoms with Crippen molar-refractivity contribution in [1.29, 1.82) is 0 Å². The minimum atomic E-state index is -4.48. The van der Waals surface area contributed by atoms with Gasteiger partial charge in [0.25, 0.3) is 0 Å². The first-order valence-corrected chi connectivity index (χ1v) is 9.53. The van der Waals surface area contributed by atoms with E-state index < -0.39 is 11.7 Å². The first-order chi connectivity index (χ1) is 14.2. The van der Waals surface area contributed by atoms with Gasteiger partial charge in [-0.2, -0.15) is 13.2 Å². The first-order valence-electron chi connectivity index (χ1n) is 8.72. The minimum Gasteiger partial charge on any atom is -0.494 e. The molecule has 0 spiro atoms. The summed E-state index contributed by atoms with van der Waals surface area (Å²) in [6.45, 7) is 0.0494. The number of hydrogen-bond donors (Lipinski definition) is 2. The number of hydrogen-bond acceptors (Lipinski definition) is 6. The molecule has 7 nitrogen and oxygen atoms in total. The molecule has 0 atom stereocenters. The Morgan fingerprint density at radius 1 is 1.27 bits per heavy atom. The fourth-order valence-corrected chi connectivity index (χ4v) is 3.67. The Hall–Kier alpha value is -3.34. The van der Waals surface area contributed by atoms with Crippen molar-refractivity contribution in [1.82, 2.24) is 19.5 Å². The second-order valence-corrected chi connectivity index (χ2v) is 7.61. The molecule has 3 heterocycles. The summed E-state index contributed by atoms with van der Waals surface area (Å²) in [5.74, 6) is 0.846. The summed E-state index contributed by atoms with van der Waals surface area (Å²) in [7, 11) is 1.66. The van der Waals surface area contributed by atoms with E-state index in [9.17, 15) is 23.1 Å². The highest BCUT2D eigenvalue weighted by Crippen LogP contribution is 2.30. The van der Waals surface area contributed by atoms with E-state index in [0.717, 1.165) is 29.2 Å². The van der Waals surface area contributed by atoms with Crippen LogP contribution in [0, 0.1) is 0 Å². The van der Waals surface area contributed by atoms with Gasteiger partial charge in [-0.1, -0.05) is 23.5 Å². The molecule has 30 heavy (non-hydrogen) atoms. The molecule has 11 heteroatoms. The van der Waals surface area contributed by atoms with Crippen molar-refractivity contribution in [3.63, 3.8) is 0 Å². The Kier molecular flexibility index (Phi) is 4.98. The lowest BCUT2D eigenvalue weighted by Crippen LogP contribution is -2.06. The van der Waals surface area contributed by atoms with Crippen LogP contribution in [0.4, 0.5) is 13.2 Å². The Balaban J connectivity index is 1.46. The number of H-pyrrole nitrogens is 1. The number of benzene rings is 1. The Labute approximate surface area is 171 Å². The van der Waals surface area contributed by atoms with Crippen LogP contribution >= 0.6 is 11.3 Å². The third kappa shape index (κ3) is 4.01. The molecule has 4 aromatic rings. The fraction of sp³-hybridized carbons (Fsp3) is 0.211. The molecule has 0 fully saturated rings. The van der Waals surface area contributed by atoms with Gasteiger partial charge in [-0.3, -0.25) is 9.78 Å². The number of thiazole rings is 1. The van der Waals surface area contributed by atoms with Crippen molar-refractivity contribution in [3.05, 3.63) is 68.0 Å². The van der Waals surface area contributed by atoms with Crippen LogP contribution in [0.3, 0.4) is 0 Å². The Morgan fingerprint density at radius 3 is 2.63 bits per heavy atom. The van der Waals surface area contributed by atoms with E-state index in [2.05, 4.69) is 15.0 Å². The number of pyridine rings is 1. The summed E-state index contributed by atoms with van der Waals surface area (Å²) in [5, 5.41) is 9.66. The van der Waals surface area contributed by atoms with Gasteiger partial charge in [-0.15, -0.1) is 0 Å². The largest absolute Gasteiger partial charge is 0.494 e. The van der Waals surface area contributed by atoms with Crippen LogP contribution < -0.4 is 9.61 Å². The zero-order valence-electron chi connectivity index (χ0n) is 15.5. The molecule has 0 saturated heterocycles. The number of aromatic nitrogens is 4. The molecule has 2 N–H and O–H groups in total. The van der Waals surface area contributed by atoms with Crippen LogP contribution in [0.15, 0.2) is 41.3 Å². The van der Waals surface area contributed by atoms with Crippen molar-refractivity contribution >= 4 is 22.5 Å². The van der Waals surface area contributed by atoms with E-state index in [1.807, 2.05) is 0 Å². The summed E-state index contributed by atoms with van der Waals surface area (Å²) in [5.41, 5.74) is 0.503. The number of imidazole rings is 1. The van der Waals surface area contributed by atoms with Gasteiger partial charge in [0, 0.05) is 19.7 Å². The van der Waals surface area contributed by atoms with Crippen molar-refractivity contribution in [2.24, 2.45) is 7.05 Å². The highest BCUT2D eigenvalue weighted by atomic mass is 32.1. The molecule has 3 aromatic heterocycles. The number of nitrogens with one attached hydrogen (secondary N) is 1. The van der Waals surface area contributed by atoms with Crippen LogP contribution in [-0.2, 0) is 26.3 Å². The maximum atomic E-state index is 12.9. The van der Waals surface area contributed by atoms with Gasteiger partial charge in [0.2, 0.25) is 5.88 Å². The van der Waals surface area contributed by atoms with Gasteiger partial charge in [0.05, 0.1) is 10.4 Å². The van der Waals surface area contributed by atoms with Crippen LogP contribution in [-0.4, -0.2) is 24.6 Å². The average Bonchev–Trinajstić information content (AvgIpc) is 3.18. The SMILES string of the molecule is Cn1c(COc2ccc(Cc3sc(=O)[nH]c3O)cc2)nc2cc(C(F)(F)F)cnc21. The van der Waals surface area contributed by atoms with Gasteiger partial charge < -0.3 is 14.4 Å². The second-order valence-electron chi connectivity index (χ2n) is 6.55. The average molecular weight is 436 g/mol. The molecule has 1 aromatic carbocycles. The third-order valence-corrected chi connectivity index (χ3v) is 5.36. The first kappa shape index (κ1) is 20.0. The number of aromatic hydroxyl groups is 1. The van der Waals surface area contributed by atoms with Crippen LogP contribution in [0.5, 0.6) is 11.6 Å². The Morgan fingerprint density at radius 2 is 2.00 bits per heavy atom. The summed E-state index contributed by atoms with van der Waals surface area (Å²) in [6, 6.07) is 8.01. The van der Waals surface area contributed by atoms with E-state index >= 15 is 0 Å². The monoisotopic (exact) mass is 436 g/mol. The highest BCUT2D eigenvalue weighted by molar-refractivity contribution is 7.09. The van der Waals surface area contributed by atoms with Crippen LogP contribution in [0.25, 0.3) is 11.2 Å². The number of aryl methyl sites for hydroxylation is 1. The zero-order chi connectivity index (χ0) is 21.5. The Bertz CT molecular complexity index is 1260. The third-order valence-electron chi connectivity index (χ3n) is 4.49. The fourth-order valence-electron chi connectivity index (χ4n) is 2.92. The number of aromatic amines is 1. The van der Waals surface area contributed by atoms with E-state index in [0.29, 0.717) is 28.5 Å². The number of alkyl halides is 3. The van der Waals surface area contributed by atoms with E-state index in [4.69, 9.17) is 4.74 Å².